The van der Waals surface area contributed by atoms with Gasteiger partial charge in [0.1, 0.15) is 18.1 Å². The molecule has 0 saturated carbocycles. The van der Waals surface area contributed by atoms with E-state index in [9.17, 15) is 14.0 Å². The van der Waals surface area contributed by atoms with Gasteiger partial charge in [-0.25, -0.2) is 9.07 Å². The highest BCUT2D eigenvalue weighted by Crippen LogP contribution is 2.28. The number of anilines is 1. The van der Waals surface area contributed by atoms with Crippen LogP contribution in [0.1, 0.15) is 25.3 Å². The van der Waals surface area contributed by atoms with Crippen LogP contribution in [0.4, 0.5) is 10.1 Å². The van der Waals surface area contributed by atoms with E-state index < -0.39 is 11.4 Å². The van der Waals surface area contributed by atoms with Crippen LogP contribution in [0.25, 0.3) is 11.3 Å². The molecule has 2 aromatic carbocycles. The summed E-state index contributed by atoms with van der Waals surface area (Å²) in [5.74, 6) is -0.131. The molecule has 150 valence electrons. The van der Waals surface area contributed by atoms with E-state index in [1.54, 1.807) is 0 Å². The Hall–Kier alpha value is -3.48. The Morgan fingerprint density at radius 2 is 1.86 bits per heavy atom. The molecule has 7 heteroatoms. The van der Waals surface area contributed by atoms with Crippen molar-refractivity contribution in [2.45, 2.75) is 26.3 Å². The Balaban J connectivity index is 1.80. The largest absolute Gasteiger partial charge is 0.496 e. The Bertz CT molecular complexity index is 1080. The summed E-state index contributed by atoms with van der Waals surface area (Å²) >= 11 is 0. The second-order valence-corrected chi connectivity index (χ2v) is 6.88. The van der Waals surface area contributed by atoms with Gasteiger partial charge in [-0.2, -0.15) is 5.10 Å². The summed E-state index contributed by atoms with van der Waals surface area (Å²) in [6.07, 6.45) is 0. The number of nitrogens with zero attached hydrogens (tertiary/aromatic N) is 2. The van der Waals surface area contributed by atoms with Gasteiger partial charge in [0.05, 0.1) is 12.8 Å². The minimum atomic E-state index is -0.443. The number of amides is 1. The van der Waals surface area contributed by atoms with Crippen molar-refractivity contribution in [1.29, 1.82) is 0 Å². The number of benzene rings is 2. The first-order chi connectivity index (χ1) is 13.9. The highest BCUT2D eigenvalue weighted by Gasteiger charge is 2.12. The van der Waals surface area contributed by atoms with Gasteiger partial charge in [0.15, 0.2) is 0 Å². The van der Waals surface area contributed by atoms with Crippen molar-refractivity contribution in [1.82, 2.24) is 9.78 Å². The fourth-order valence-corrected chi connectivity index (χ4v) is 2.87. The van der Waals surface area contributed by atoms with E-state index in [0.717, 1.165) is 4.68 Å². The average molecular weight is 395 g/mol. The molecule has 3 aromatic rings. The quantitative estimate of drug-likeness (QED) is 0.689. The van der Waals surface area contributed by atoms with Gasteiger partial charge in [0.25, 0.3) is 5.56 Å². The second kappa shape index (κ2) is 8.68. The smallest absolute Gasteiger partial charge is 0.267 e. The molecule has 6 nitrogen and oxygen atoms in total. The molecular formula is C22H22FN3O3. The van der Waals surface area contributed by atoms with Crippen LogP contribution in [0.15, 0.2) is 59.4 Å². The molecule has 0 radical (unpaired) electrons. The van der Waals surface area contributed by atoms with E-state index >= 15 is 0 Å². The Morgan fingerprint density at radius 1 is 1.14 bits per heavy atom. The highest BCUT2D eigenvalue weighted by atomic mass is 19.1. The molecular weight excluding hydrogens is 373 g/mol. The van der Waals surface area contributed by atoms with Gasteiger partial charge in [-0.3, -0.25) is 9.59 Å². The first-order valence-electron chi connectivity index (χ1n) is 9.19. The molecule has 0 fully saturated rings. The van der Waals surface area contributed by atoms with Crippen LogP contribution in [0.5, 0.6) is 5.75 Å². The number of nitrogens with one attached hydrogen (secondary N) is 1. The Morgan fingerprint density at radius 3 is 2.52 bits per heavy atom. The van der Waals surface area contributed by atoms with Crippen molar-refractivity contribution >= 4 is 11.6 Å². The van der Waals surface area contributed by atoms with Gasteiger partial charge in [-0.15, -0.1) is 0 Å². The number of methoxy groups -OCH3 is 1. The number of aromatic nitrogens is 2. The molecule has 1 N–H and O–H groups in total. The van der Waals surface area contributed by atoms with Gasteiger partial charge in [-0.1, -0.05) is 26.0 Å². The van der Waals surface area contributed by atoms with Crippen molar-refractivity contribution in [3.8, 4) is 17.0 Å². The summed E-state index contributed by atoms with van der Waals surface area (Å²) in [6, 6.07) is 14.4. The number of rotatable bonds is 6. The van der Waals surface area contributed by atoms with E-state index in [-0.39, 0.29) is 18.2 Å². The summed E-state index contributed by atoms with van der Waals surface area (Å²) in [5.41, 5.74) is 2.31. The fourth-order valence-electron chi connectivity index (χ4n) is 2.87. The van der Waals surface area contributed by atoms with Gasteiger partial charge in [0, 0.05) is 23.4 Å². The minimum Gasteiger partial charge on any atom is -0.496 e. The van der Waals surface area contributed by atoms with Crippen molar-refractivity contribution in [3.63, 3.8) is 0 Å². The molecule has 0 aliphatic rings. The summed E-state index contributed by atoms with van der Waals surface area (Å²) in [5, 5.41) is 7.00. The van der Waals surface area contributed by atoms with E-state index in [1.165, 1.54) is 43.0 Å². The Kier molecular flexibility index (Phi) is 6.07. The predicted molar refractivity (Wildman–Crippen MR) is 110 cm³/mol. The molecule has 0 aliphatic carbocycles. The van der Waals surface area contributed by atoms with Crippen molar-refractivity contribution in [3.05, 3.63) is 76.3 Å². The average Bonchev–Trinajstić information content (AvgIpc) is 2.70. The summed E-state index contributed by atoms with van der Waals surface area (Å²) in [7, 11) is 1.42. The van der Waals surface area contributed by atoms with Gasteiger partial charge in [0.2, 0.25) is 5.91 Å². The third kappa shape index (κ3) is 4.87. The molecule has 0 aliphatic heterocycles. The maximum absolute atomic E-state index is 13.4. The SMILES string of the molecule is COc1cc(F)ccc1-c1ccc(=O)n(CC(=O)Nc2ccc(C(C)C)cc2)n1. The molecule has 0 saturated heterocycles. The minimum absolute atomic E-state index is 0.248. The van der Waals surface area contributed by atoms with E-state index in [4.69, 9.17) is 4.74 Å². The van der Waals surface area contributed by atoms with E-state index in [0.29, 0.717) is 22.9 Å². The lowest BCUT2D eigenvalue weighted by Gasteiger charge is -2.11. The number of halogens is 1. The second-order valence-electron chi connectivity index (χ2n) is 6.88. The molecule has 1 amide bonds. The number of ether oxygens (including phenoxy) is 1. The molecule has 0 spiro atoms. The molecule has 0 atom stereocenters. The van der Waals surface area contributed by atoms with Crippen LogP contribution < -0.4 is 15.6 Å². The third-order valence-electron chi connectivity index (χ3n) is 4.46. The monoisotopic (exact) mass is 395 g/mol. The lowest BCUT2D eigenvalue weighted by molar-refractivity contribution is -0.117. The van der Waals surface area contributed by atoms with Crippen LogP contribution in [-0.4, -0.2) is 22.8 Å². The van der Waals surface area contributed by atoms with Gasteiger partial charge < -0.3 is 10.1 Å². The van der Waals surface area contributed by atoms with Gasteiger partial charge >= 0.3 is 0 Å². The zero-order valence-electron chi connectivity index (χ0n) is 16.5. The summed E-state index contributed by atoms with van der Waals surface area (Å²) < 4.78 is 19.7. The van der Waals surface area contributed by atoms with E-state index in [1.807, 2.05) is 24.3 Å². The number of hydrogen-bond donors (Lipinski definition) is 1. The first-order valence-corrected chi connectivity index (χ1v) is 9.19. The topological polar surface area (TPSA) is 73.2 Å². The predicted octanol–water partition coefficient (Wildman–Crippen LogP) is 3.82. The van der Waals surface area contributed by atoms with Crippen molar-refractivity contribution < 1.29 is 13.9 Å². The van der Waals surface area contributed by atoms with Crippen molar-refractivity contribution in [2.75, 3.05) is 12.4 Å². The lowest BCUT2D eigenvalue weighted by Crippen LogP contribution is -2.29. The van der Waals surface area contributed by atoms with Crippen LogP contribution in [0, 0.1) is 5.82 Å². The molecule has 1 aromatic heterocycles. The molecule has 29 heavy (non-hydrogen) atoms. The van der Waals surface area contributed by atoms with Crippen LogP contribution >= 0.6 is 0 Å². The number of carbonyl (C=O) groups excluding carboxylic acids is 1. The van der Waals surface area contributed by atoms with Crippen molar-refractivity contribution in [2.24, 2.45) is 0 Å². The van der Waals surface area contributed by atoms with Crippen LogP contribution in [0.3, 0.4) is 0 Å². The third-order valence-corrected chi connectivity index (χ3v) is 4.46. The molecule has 1 heterocycles. The van der Waals surface area contributed by atoms with E-state index in [2.05, 4.69) is 24.3 Å². The number of hydrogen-bond acceptors (Lipinski definition) is 4. The highest BCUT2D eigenvalue weighted by molar-refractivity contribution is 5.90. The van der Waals surface area contributed by atoms with Crippen LogP contribution in [0.2, 0.25) is 0 Å². The normalized spacial score (nSPS) is 10.8. The first kappa shape index (κ1) is 20.3. The Labute approximate surface area is 168 Å². The van der Waals surface area contributed by atoms with Crippen LogP contribution in [-0.2, 0) is 11.3 Å². The molecule has 0 bridgehead atoms. The fraction of sp³-hybridized carbons (Fsp3) is 0.227. The summed E-state index contributed by atoms with van der Waals surface area (Å²) in [4.78, 5) is 24.5. The number of carbonyl (C=O) groups is 1. The zero-order valence-corrected chi connectivity index (χ0v) is 16.5. The molecule has 0 unspecified atom stereocenters. The van der Waals surface area contributed by atoms with Gasteiger partial charge in [-0.05, 0) is 41.8 Å². The standard InChI is InChI=1S/C22H22FN3O3/c1-14(2)15-4-7-17(8-5-15)24-21(27)13-26-22(28)11-10-19(25-26)18-9-6-16(23)12-20(18)29-3/h4-12,14H,13H2,1-3H3,(H,24,27). The maximum Gasteiger partial charge on any atom is 0.267 e. The molecule has 3 rings (SSSR count). The maximum atomic E-state index is 13.4. The summed E-state index contributed by atoms with van der Waals surface area (Å²) in [6.45, 7) is 3.94. The lowest BCUT2D eigenvalue weighted by atomic mass is 10.0. The zero-order chi connectivity index (χ0) is 21.0.